The number of nitrogens with two attached hydrogens (primary N) is 1. The Labute approximate surface area is 241 Å². The van der Waals surface area contributed by atoms with Crippen LogP contribution >= 0.6 is 0 Å². The Morgan fingerprint density at radius 3 is 2.76 bits per heavy atom. The van der Waals surface area contributed by atoms with Crippen molar-refractivity contribution in [3.05, 3.63) is 70.8 Å². The fraction of sp³-hybridized carbons (Fsp3) is 0.357. The lowest BCUT2D eigenvalue weighted by atomic mass is 9.99. The number of aromatic nitrogens is 5. The second-order valence-corrected chi connectivity index (χ2v) is 9.99. The topological polar surface area (TPSA) is 159 Å². The van der Waals surface area contributed by atoms with Gasteiger partial charge in [-0.15, -0.1) is 5.10 Å². The Hall–Kier alpha value is -4.85. The fourth-order valence-corrected chi connectivity index (χ4v) is 4.56. The maximum absolute atomic E-state index is 13.5. The largest absolute Gasteiger partial charge is 0.490 e. The molecule has 0 spiro atoms. The number of carbonyl (C=O) groups is 1. The molecule has 220 valence electrons. The van der Waals surface area contributed by atoms with Gasteiger partial charge in [-0.3, -0.25) is 9.69 Å². The number of hydrazone groups is 1. The maximum Gasteiger partial charge on any atom is 0.293 e. The molecule has 1 fully saturated rings. The first kappa shape index (κ1) is 28.7. The van der Waals surface area contributed by atoms with Gasteiger partial charge in [-0.05, 0) is 90.5 Å². The predicted octanol–water partition coefficient (Wildman–Crippen LogP) is 3.35. The van der Waals surface area contributed by atoms with E-state index in [9.17, 15) is 9.18 Å². The van der Waals surface area contributed by atoms with Crippen molar-refractivity contribution < 1.29 is 23.3 Å². The van der Waals surface area contributed by atoms with Gasteiger partial charge in [0.2, 0.25) is 11.6 Å². The number of nitrogen functional groups attached to an aromatic ring is 1. The Morgan fingerprint density at radius 2 is 2.02 bits per heavy atom. The highest BCUT2D eigenvalue weighted by Crippen LogP contribution is 2.29. The third kappa shape index (κ3) is 6.89. The van der Waals surface area contributed by atoms with Crippen molar-refractivity contribution in [3.63, 3.8) is 0 Å². The fourth-order valence-electron chi connectivity index (χ4n) is 4.56. The van der Waals surface area contributed by atoms with Crippen LogP contribution in [-0.2, 0) is 13.2 Å². The minimum atomic E-state index is -0.548. The number of anilines is 1. The number of rotatable bonds is 11. The second kappa shape index (κ2) is 13.2. The molecule has 1 saturated heterocycles. The molecule has 0 saturated carbocycles. The van der Waals surface area contributed by atoms with E-state index in [1.165, 1.54) is 23.0 Å². The summed E-state index contributed by atoms with van der Waals surface area (Å²) in [6.45, 7) is 6.84. The van der Waals surface area contributed by atoms with Crippen molar-refractivity contribution >= 4 is 17.9 Å². The first-order valence-corrected chi connectivity index (χ1v) is 13.6. The summed E-state index contributed by atoms with van der Waals surface area (Å²) in [5, 5.41) is 19.8. The average Bonchev–Trinajstić information content (AvgIpc) is 3.59. The number of nitrogens with zero attached hydrogens (tertiary/aromatic N) is 7. The lowest BCUT2D eigenvalue weighted by Gasteiger charge is -2.30. The zero-order valence-electron chi connectivity index (χ0n) is 23.4. The van der Waals surface area contributed by atoms with Gasteiger partial charge in [0.15, 0.2) is 17.2 Å². The molecule has 0 unspecified atom stereocenters. The Morgan fingerprint density at radius 1 is 1.19 bits per heavy atom. The SMILES string of the molecule is CCOc1cc(C=NNC(=O)c2nnn(-c3nonc3N)c2CN2CCC(C)CC2)ccc1OCc1cccc(F)c1. The molecular formula is C28H32FN9O4. The first-order valence-electron chi connectivity index (χ1n) is 13.6. The molecule has 1 aliphatic heterocycles. The summed E-state index contributed by atoms with van der Waals surface area (Å²) in [6, 6.07) is 11.4. The minimum Gasteiger partial charge on any atom is -0.490 e. The van der Waals surface area contributed by atoms with E-state index in [0.717, 1.165) is 25.9 Å². The lowest BCUT2D eigenvalue weighted by Crippen LogP contribution is -2.34. The van der Waals surface area contributed by atoms with Crippen LogP contribution < -0.4 is 20.6 Å². The molecule has 14 heteroatoms. The summed E-state index contributed by atoms with van der Waals surface area (Å²) in [6.07, 6.45) is 3.59. The molecule has 2 aromatic carbocycles. The Balaban J connectivity index is 1.29. The van der Waals surface area contributed by atoms with Crippen LogP contribution in [0.2, 0.25) is 0 Å². The van der Waals surface area contributed by atoms with Gasteiger partial charge in [0.1, 0.15) is 12.4 Å². The number of amides is 1. The van der Waals surface area contributed by atoms with E-state index in [4.69, 9.17) is 19.8 Å². The van der Waals surface area contributed by atoms with Crippen molar-refractivity contribution in [3.8, 4) is 17.3 Å². The van der Waals surface area contributed by atoms with E-state index >= 15 is 0 Å². The van der Waals surface area contributed by atoms with Crippen LogP contribution in [-0.4, -0.2) is 62.0 Å². The Bertz CT molecular complexity index is 1550. The van der Waals surface area contributed by atoms with Gasteiger partial charge in [0, 0.05) is 6.54 Å². The molecule has 13 nitrogen and oxygen atoms in total. The zero-order chi connectivity index (χ0) is 29.5. The lowest BCUT2D eigenvalue weighted by molar-refractivity contribution is 0.0946. The van der Waals surface area contributed by atoms with Crippen LogP contribution in [0.15, 0.2) is 52.2 Å². The number of nitrogens with one attached hydrogen (secondary N) is 1. The van der Waals surface area contributed by atoms with E-state index in [1.54, 1.807) is 30.3 Å². The van der Waals surface area contributed by atoms with Crippen molar-refractivity contribution in [1.29, 1.82) is 0 Å². The highest BCUT2D eigenvalue weighted by atomic mass is 19.1. The van der Waals surface area contributed by atoms with Crippen LogP contribution in [0.5, 0.6) is 11.5 Å². The van der Waals surface area contributed by atoms with E-state index in [1.807, 2.05) is 6.92 Å². The molecule has 2 aromatic heterocycles. The van der Waals surface area contributed by atoms with Crippen molar-refractivity contribution in [1.82, 2.24) is 35.6 Å². The smallest absolute Gasteiger partial charge is 0.293 e. The molecule has 3 N–H and O–H groups in total. The molecule has 3 heterocycles. The van der Waals surface area contributed by atoms with E-state index in [2.05, 4.69) is 43.0 Å². The number of benzene rings is 2. The number of piperidine rings is 1. The molecular weight excluding hydrogens is 545 g/mol. The summed E-state index contributed by atoms with van der Waals surface area (Å²) >= 11 is 0. The normalized spacial score (nSPS) is 14.4. The molecule has 1 aliphatic rings. The summed E-state index contributed by atoms with van der Waals surface area (Å²) in [4.78, 5) is 15.4. The number of hydrogen-bond donors (Lipinski definition) is 2. The Kier molecular flexibility index (Phi) is 9.02. The van der Waals surface area contributed by atoms with Crippen LogP contribution in [0.1, 0.15) is 54.0 Å². The van der Waals surface area contributed by atoms with E-state index in [-0.39, 0.29) is 29.8 Å². The van der Waals surface area contributed by atoms with Gasteiger partial charge in [0.05, 0.1) is 18.5 Å². The monoisotopic (exact) mass is 577 g/mol. The molecule has 0 bridgehead atoms. The van der Waals surface area contributed by atoms with Crippen molar-refractivity contribution in [2.45, 2.75) is 39.8 Å². The third-order valence-electron chi connectivity index (χ3n) is 6.85. The molecule has 0 radical (unpaired) electrons. The standard InChI is InChI=1S/C28H32FN9O4/c1-3-40-24-14-19(7-8-23(24)41-17-20-5-4-6-21(29)13-20)15-31-33-28(39)25-22(16-37-11-9-18(2)10-12-37)38(36-32-25)27-26(30)34-42-35-27/h4-8,13-15,18H,3,9-12,16-17H2,1-2H3,(H2,30,34)(H,33,39). The molecule has 4 aromatic rings. The van der Waals surface area contributed by atoms with Gasteiger partial charge >= 0.3 is 0 Å². The maximum atomic E-state index is 13.5. The summed E-state index contributed by atoms with van der Waals surface area (Å²) in [5.74, 6) is 0.952. The number of ether oxygens (including phenoxy) is 2. The van der Waals surface area contributed by atoms with Crippen LogP contribution in [0.3, 0.4) is 0 Å². The average molecular weight is 578 g/mol. The number of carbonyl (C=O) groups excluding carboxylic acids is 1. The van der Waals surface area contributed by atoms with Gasteiger partial charge in [-0.1, -0.05) is 24.3 Å². The van der Waals surface area contributed by atoms with Gasteiger partial charge in [-0.25, -0.2) is 14.4 Å². The summed E-state index contributed by atoms with van der Waals surface area (Å²) in [5.41, 5.74) is 10.4. The third-order valence-corrected chi connectivity index (χ3v) is 6.85. The van der Waals surface area contributed by atoms with Gasteiger partial charge in [-0.2, -0.15) is 9.78 Å². The highest BCUT2D eigenvalue weighted by Gasteiger charge is 2.27. The van der Waals surface area contributed by atoms with Crippen molar-refractivity contribution in [2.24, 2.45) is 11.0 Å². The summed E-state index contributed by atoms with van der Waals surface area (Å²) < 4.78 is 31.2. The van der Waals surface area contributed by atoms with E-state index < -0.39 is 5.91 Å². The van der Waals surface area contributed by atoms with Gasteiger partial charge < -0.3 is 15.2 Å². The number of hydrogen-bond acceptors (Lipinski definition) is 11. The molecule has 42 heavy (non-hydrogen) atoms. The number of likely N-dealkylation sites (tertiary alicyclic amines) is 1. The van der Waals surface area contributed by atoms with Crippen LogP contribution in [0.25, 0.3) is 5.82 Å². The van der Waals surface area contributed by atoms with Crippen LogP contribution in [0, 0.1) is 11.7 Å². The highest BCUT2D eigenvalue weighted by molar-refractivity contribution is 5.94. The minimum absolute atomic E-state index is 0.0341. The molecule has 0 aliphatic carbocycles. The van der Waals surface area contributed by atoms with Gasteiger partial charge in [0.25, 0.3) is 5.91 Å². The molecule has 0 atom stereocenters. The molecule has 1 amide bonds. The van der Waals surface area contributed by atoms with Crippen molar-refractivity contribution in [2.75, 3.05) is 25.4 Å². The predicted molar refractivity (Wildman–Crippen MR) is 151 cm³/mol. The second-order valence-electron chi connectivity index (χ2n) is 9.99. The summed E-state index contributed by atoms with van der Waals surface area (Å²) in [7, 11) is 0. The van der Waals surface area contributed by atoms with Crippen LogP contribution in [0.4, 0.5) is 10.2 Å². The number of halogens is 1. The first-order chi connectivity index (χ1) is 20.4. The van der Waals surface area contributed by atoms with E-state index in [0.29, 0.717) is 47.4 Å². The zero-order valence-corrected chi connectivity index (χ0v) is 23.4. The quantitative estimate of drug-likeness (QED) is 0.200. The molecule has 5 rings (SSSR count).